The van der Waals surface area contributed by atoms with Gasteiger partial charge in [0.2, 0.25) is 0 Å². The van der Waals surface area contributed by atoms with Crippen LogP contribution in [-0.4, -0.2) is 19.9 Å². The minimum Gasteiger partial charge on any atom is -0.388 e. The Bertz CT molecular complexity index is 524. The minimum atomic E-state index is -0.900. The van der Waals surface area contributed by atoms with Crippen molar-refractivity contribution in [3.63, 3.8) is 0 Å². The molecule has 4 nitrogen and oxygen atoms in total. The Balaban J connectivity index is 2.11. The zero-order valence-electron chi connectivity index (χ0n) is 10.4. The van der Waals surface area contributed by atoms with Gasteiger partial charge in [0, 0.05) is 30.4 Å². The number of rotatable bonds is 4. The summed E-state index contributed by atoms with van der Waals surface area (Å²) in [5.41, 5.74) is 0.997. The van der Waals surface area contributed by atoms with Crippen LogP contribution in [0.15, 0.2) is 30.7 Å². The summed E-state index contributed by atoms with van der Waals surface area (Å²) in [5.74, 6) is -0.492. The van der Waals surface area contributed by atoms with Gasteiger partial charge in [-0.3, -0.25) is 9.67 Å². The molecule has 2 aromatic rings. The van der Waals surface area contributed by atoms with Crippen LogP contribution in [0.25, 0.3) is 0 Å². The minimum absolute atomic E-state index is 0.254. The monoisotopic (exact) mass is 249 g/mol. The zero-order chi connectivity index (χ0) is 13.1. The summed E-state index contributed by atoms with van der Waals surface area (Å²) < 4.78 is 15.2. The van der Waals surface area contributed by atoms with Crippen LogP contribution in [0.5, 0.6) is 0 Å². The molecule has 0 saturated heterocycles. The predicted molar refractivity (Wildman–Crippen MR) is 65.5 cm³/mol. The van der Waals surface area contributed by atoms with E-state index in [4.69, 9.17) is 0 Å². The Morgan fingerprint density at radius 2 is 2.17 bits per heavy atom. The Labute approximate surface area is 105 Å². The van der Waals surface area contributed by atoms with Crippen LogP contribution in [0.2, 0.25) is 0 Å². The van der Waals surface area contributed by atoms with Crippen molar-refractivity contribution < 1.29 is 9.50 Å². The molecule has 1 unspecified atom stereocenters. The molecule has 96 valence electrons. The highest BCUT2D eigenvalue weighted by Gasteiger charge is 2.15. The molecule has 0 aliphatic heterocycles. The van der Waals surface area contributed by atoms with Crippen LogP contribution in [0.4, 0.5) is 4.39 Å². The van der Waals surface area contributed by atoms with Crippen molar-refractivity contribution in [1.29, 1.82) is 0 Å². The number of aromatic nitrogens is 3. The lowest BCUT2D eigenvalue weighted by atomic mass is 10.1. The second kappa shape index (κ2) is 5.27. The molecule has 0 amide bonds. The molecule has 5 heteroatoms. The molecular formula is C13H16FN3O. The van der Waals surface area contributed by atoms with E-state index < -0.39 is 11.9 Å². The Morgan fingerprint density at radius 1 is 1.39 bits per heavy atom. The predicted octanol–water partition coefficient (Wildman–Crippen LogP) is 2.27. The van der Waals surface area contributed by atoms with Crippen LogP contribution in [0, 0.1) is 5.82 Å². The molecule has 2 aromatic heterocycles. The van der Waals surface area contributed by atoms with E-state index in [1.807, 2.05) is 30.8 Å². The van der Waals surface area contributed by atoms with Crippen molar-refractivity contribution in [1.82, 2.24) is 14.8 Å². The van der Waals surface area contributed by atoms with Gasteiger partial charge in [0.1, 0.15) is 5.82 Å². The maximum absolute atomic E-state index is 13.4. The lowest BCUT2D eigenvalue weighted by molar-refractivity contribution is 0.172. The number of hydrogen-bond acceptors (Lipinski definition) is 3. The molecule has 0 aliphatic carbocycles. The summed E-state index contributed by atoms with van der Waals surface area (Å²) in [5, 5.41) is 14.3. The van der Waals surface area contributed by atoms with Crippen molar-refractivity contribution in [3.05, 3.63) is 47.8 Å². The van der Waals surface area contributed by atoms with Crippen LogP contribution in [-0.2, 0) is 6.42 Å². The van der Waals surface area contributed by atoms with Gasteiger partial charge in [-0.25, -0.2) is 4.39 Å². The molecule has 1 N–H and O–H groups in total. The molecule has 18 heavy (non-hydrogen) atoms. The van der Waals surface area contributed by atoms with E-state index in [-0.39, 0.29) is 11.6 Å². The molecule has 0 radical (unpaired) electrons. The van der Waals surface area contributed by atoms with E-state index in [9.17, 15) is 9.50 Å². The molecule has 2 heterocycles. The molecule has 2 rings (SSSR count). The standard InChI is InChI=1S/C13H16FN3O/c1-9(2)17-6-4-10(16-17)7-13(18)11-3-5-15-8-12(11)14/h3-6,8-9,13,18H,7H2,1-2H3. The SMILES string of the molecule is CC(C)n1ccc(CC(O)c2ccncc2F)n1. The number of hydrogen-bond donors (Lipinski definition) is 1. The smallest absolute Gasteiger partial charge is 0.147 e. The molecule has 1 atom stereocenters. The van der Waals surface area contributed by atoms with Gasteiger partial charge in [0.15, 0.2) is 0 Å². The second-order valence-corrected chi connectivity index (χ2v) is 4.50. The quantitative estimate of drug-likeness (QED) is 0.904. The first-order valence-corrected chi connectivity index (χ1v) is 5.89. The van der Waals surface area contributed by atoms with Crippen molar-refractivity contribution in [2.75, 3.05) is 0 Å². The average molecular weight is 249 g/mol. The fraction of sp³-hybridized carbons (Fsp3) is 0.385. The number of aliphatic hydroxyl groups excluding tert-OH is 1. The van der Waals surface area contributed by atoms with Gasteiger partial charge in [-0.15, -0.1) is 0 Å². The van der Waals surface area contributed by atoms with Crippen LogP contribution in [0.1, 0.15) is 37.3 Å². The third-order valence-corrected chi connectivity index (χ3v) is 2.76. The molecule has 0 saturated carbocycles. The molecule has 0 fully saturated rings. The van der Waals surface area contributed by atoms with Crippen LogP contribution in [0.3, 0.4) is 0 Å². The molecule has 0 aliphatic rings. The van der Waals surface area contributed by atoms with Crippen LogP contribution >= 0.6 is 0 Å². The van der Waals surface area contributed by atoms with Crippen LogP contribution < -0.4 is 0 Å². The zero-order valence-corrected chi connectivity index (χ0v) is 10.4. The third kappa shape index (κ3) is 2.73. The summed E-state index contributed by atoms with van der Waals surface area (Å²) in [4.78, 5) is 3.66. The highest BCUT2D eigenvalue weighted by atomic mass is 19.1. The number of aliphatic hydroxyl groups is 1. The van der Waals surface area contributed by atoms with E-state index in [1.54, 1.807) is 0 Å². The van der Waals surface area contributed by atoms with Gasteiger partial charge in [0.25, 0.3) is 0 Å². The largest absolute Gasteiger partial charge is 0.388 e. The summed E-state index contributed by atoms with van der Waals surface area (Å²) in [7, 11) is 0. The van der Waals surface area contributed by atoms with Gasteiger partial charge < -0.3 is 5.11 Å². The van der Waals surface area contributed by atoms with E-state index in [0.29, 0.717) is 6.42 Å². The molecule has 0 bridgehead atoms. The van der Waals surface area contributed by atoms with E-state index >= 15 is 0 Å². The third-order valence-electron chi connectivity index (χ3n) is 2.76. The van der Waals surface area contributed by atoms with Gasteiger partial charge in [-0.1, -0.05) is 0 Å². The van der Waals surface area contributed by atoms with Gasteiger partial charge >= 0.3 is 0 Å². The van der Waals surface area contributed by atoms with Crippen molar-refractivity contribution in [3.8, 4) is 0 Å². The fourth-order valence-electron chi connectivity index (χ4n) is 1.74. The summed E-state index contributed by atoms with van der Waals surface area (Å²) >= 11 is 0. The lowest BCUT2D eigenvalue weighted by Crippen LogP contribution is -2.07. The molecule has 0 aromatic carbocycles. The number of pyridine rings is 1. The Kier molecular flexibility index (Phi) is 3.72. The first kappa shape index (κ1) is 12.7. The topological polar surface area (TPSA) is 50.9 Å². The maximum atomic E-state index is 13.4. The number of nitrogens with zero attached hydrogens (tertiary/aromatic N) is 3. The van der Waals surface area contributed by atoms with E-state index in [1.165, 1.54) is 12.3 Å². The first-order chi connectivity index (χ1) is 8.58. The van der Waals surface area contributed by atoms with Gasteiger partial charge in [-0.05, 0) is 26.0 Å². The highest BCUT2D eigenvalue weighted by Crippen LogP contribution is 2.19. The van der Waals surface area contributed by atoms with E-state index in [0.717, 1.165) is 11.9 Å². The van der Waals surface area contributed by atoms with Crippen molar-refractivity contribution in [2.45, 2.75) is 32.4 Å². The Hall–Kier alpha value is -1.75. The Morgan fingerprint density at radius 3 is 2.78 bits per heavy atom. The summed E-state index contributed by atoms with van der Waals surface area (Å²) in [6, 6.07) is 3.59. The summed E-state index contributed by atoms with van der Waals surface area (Å²) in [6.07, 6.45) is 3.82. The summed E-state index contributed by atoms with van der Waals surface area (Å²) in [6.45, 7) is 4.05. The van der Waals surface area contributed by atoms with Crippen molar-refractivity contribution in [2.24, 2.45) is 0 Å². The second-order valence-electron chi connectivity index (χ2n) is 4.50. The number of halogens is 1. The lowest BCUT2D eigenvalue weighted by Gasteiger charge is -2.10. The average Bonchev–Trinajstić information content (AvgIpc) is 2.78. The normalized spacial score (nSPS) is 12.9. The molecule has 0 spiro atoms. The highest BCUT2D eigenvalue weighted by molar-refractivity contribution is 5.17. The van der Waals surface area contributed by atoms with E-state index in [2.05, 4.69) is 10.1 Å². The van der Waals surface area contributed by atoms with Gasteiger partial charge in [0.05, 0.1) is 18.0 Å². The first-order valence-electron chi connectivity index (χ1n) is 5.89. The molecular weight excluding hydrogens is 233 g/mol. The van der Waals surface area contributed by atoms with Gasteiger partial charge in [-0.2, -0.15) is 5.10 Å². The fourth-order valence-corrected chi connectivity index (χ4v) is 1.74. The van der Waals surface area contributed by atoms with Crippen molar-refractivity contribution >= 4 is 0 Å². The maximum Gasteiger partial charge on any atom is 0.147 e.